The number of rotatable bonds is 4. The number of thiazole rings is 1. The van der Waals surface area contributed by atoms with Gasteiger partial charge in [0.1, 0.15) is 0 Å². The summed E-state index contributed by atoms with van der Waals surface area (Å²) in [4.78, 5) is 18.3. The van der Waals surface area contributed by atoms with E-state index in [1.807, 2.05) is 20.8 Å². The van der Waals surface area contributed by atoms with Gasteiger partial charge >= 0.3 is 0 Å². The lowest BCUT2D eigenvalue weighted by Crippen LogP contribution is -2.48. The summed E-state index contributed by atoms with van der Waals surface area (Å²) in [5.74, 6) is 0.830. The van der Waals surface area contributed by atoms with Crippen molar-refractivity contribution in [3.05, 3.63) is 15.6 Å². The summed E-state index contributed by atoms with van der Waals surface area (Å²) in [5, 5.41) is 4.22. The molecule has 1 unspecified atom stereocenters. The number of aromatic nitrogens is 1. The maximum atomic E-state index is 12.8. The molecule has 0 spiro atoms. The van der Waals surface area contributed by atoms with Crippen LogP contribution in [0.3, 0.4) is 0 Å². The van der Waals surface area contributed by atoms with Crippen LogP contribution in [0.1, 0.15) is 61.2 Å². The quantitative estimate of drug-likeness (QED) is 0.898. The largest absolute Gasteiger partial charge is 0.348 e. The molecule has 0 aliphatic heterocycles. The summed E-state index contributed by atoms with van der Waals surface area (Å²) < 4.78 is 0. The fraction of sp³-hybridized carbons (Fsp3) is 0.750. The third-order valence-electron chi connectivity index (χ3n) is 4.78. The number of hydrogen-bond acceptors (Lipinski definition) is 4. The number of nitrogens with zero attached hydrogens (tertiary/aromatic N) is 1. The smallest absolute Gasteiger partial charge is 0.227 e. The third kappa shape index (κ3) is 3.46. The molecule has 0 radical (unpaired) electrons. The van der Waals surface area contributed by atoms with Crippen molar-refractivity contribution < 1.29 is 4.79 Å². The van der Waals surface area contributed by atoms with Crippen LogP contribution in [0.15, 0.2) is 0 Å². The number of aryl methyl sites for hydroxylation is 2. The SMILES string of the molecule is Cc1nc(C)c(C(C)NC(=O)C2(CN)CCC(C)CC2)s1. The summed E-state index contributed by atoms with van der Waals surface area (Å²) >= 11 is 1.66. The van der Waals surface area contributed by atoms with E-state index < -0.39 is 0 Å². The molecule has 0 aromatic carbocycles. The fourth-order valence-electron chi connectivity index (χ4n) is 3.20. The summed E-state index contributed by atoms with van der Waals surface area (Å²) in [6.45, 7) is 8.74. The van der Waals surface area contributed by atoms with Crippen molar-refractivity contribution in [2.45, 2.75) is 59.4 Å². The van der Waals surface area contributed by atoms with Crippen LogP contribution in [-0.4, -0.2) is 17.4 Å². The van der Waals surface area contributed by atoms with Gasteiger partial charge in [-0.3, -0.25) is 4.79 Å². The van der Waals surface area contributed by atoms with Crippen LogP contribution < -0.4 is 11.1 Å². The van der Waals surface area contributed by atoms with Gasteiger partial charge in [-0.1, -0.05) is 6.92 Å². The summed E-state index contributed by atoms with van der Waals surface area (Å²) in [7, 11) is 0. The van der Waals surface area contributed by atoms with Crippen LogP contribution in [0, 0.1) is 25.2 Å². The molecule has 118 valence electrons. The molecule has 1 saturated carbocycles. The van der Waals surface area contributed by atoms with Crippen molar-refractivity contribution in [2.75, 3.05) is 6.54 Å². The molecule has 1 amide bonds. The Kier molecular flexibility index (Phi) is 5.04. The molecule has 5 heteroatoms. The van der Waals surface area contributed by atoms with E-state index in [9.17, 15) is 4.79 Å². The fourth-order valence-corrected chi connectivity index (χ4v) is 4.13. The van der Waals surface area contributed by atoms with Gasteiger partial charge in [-0.25, -0.2) is 4.98 Å². The minimum absolute atomic E-state index is 0.00600. The highest BCUT2D eigenvalue weighted by molar-refractivity contribution is 7.11. The number of carbonyl (C=O) groups is 1. The molecule has 0 saturated heterocycles. The molecule has 21 heavy (non-hydrogen) atoms. The van der Waals surface area contributed by atoms with Gasteiger partial charge in [-0.15, -0.1) is 11.3 Å². The van der Waals surface area contributed by atoms with E-state index in [2.05, 4.69) is 17.2 Å². The van der Waals surface area contributed by atoms with E-state index in [0.29, 0.717) is 12.5 Å². The van der Waals surface area contributed by atoms with Gasteiger partial charge in [-0.2, -0.15) is 0 Å². The first-order valence-electron chi connectivity index (χ1n) is 7.83. The van der Waals surface area contributed by atoms with Gasteiger partial charge < -0.3 is 11.1 Å². The van der Waals surface area contributed by atoms with Crippen LogP contribution in [0.25, 0.3) is 0 Å². The molecule has 0 bridgehead atoms. The highest BCUT2D eigenvalue weighted by Crippen LogP contribution is 2.39. The van der Waals surface area contributed by atoms with E-state index in [0.717, 1.165) is 41.3 Å². The van der Waals surface area contributed by atoms with Gasteiger partial charge in [0.15, 0.2) is 0 Å². The van der Waals surface area contributed by atoms with Crippen LogP contribution in [-0.2, 0) is 4.79 Å². The number of amides is 1. The normalized spacial score (nSPS) is 27.4. The van der Waals surface area contributed by atoms with E-state index >= 15 is 0 Å². The third-order valence-corrected chi connectivity index (χ3v) is 6.04. The number of carbonyl (C=O) groups excluding carboxylic acids is 1. The maximum Gasteiger partial charge on any atom is 0.227 e. The zero-order chi connectivity index (χ0) is 15.6. The monoisotopic (exact) mass is 309 g/mol. The Morgan fingerprint density at radius 3 is 2.57 bits per heavy atom. The van der Waals surface area contributed by atoms with E-state index in [4.69, 9.17) is 5.73 Å². The Balaban J connectivity index is 2.07. The zero-order valence-electron chi connectivity index (χ0n) is 13.5. The minimum Gasteiger partial charge on any atom is -0.348 e. The van der Waals surface area contributed by atoms with E-state index in [1.54, 1.807) is 11.3 Å². The maximum absolute atomic E-state index is 12.8. The molecule has 1 aromatic rings. The first-order valence-corrected chi connectivity index (χ1v) is 8.64. The molecule has 4 nitrogen and oxygen atoms in total. The van der Waals surface area contributed by atoms with Gasteiger partial charge in [0.05, 0.1) is 22.2 Å². The molecule has 1 aliphatic carbocycles. The summed E-state index contributed by atoms with van der Waals surface area (Å²) in [5.41, 5.74) is 6.61. The summed E-state index contributed by atoms with van der Waals surface area (Å²) in [6.07, 6.45) is 4.00. The highest BCUT2D eigenvalue weighted by atomic mass is 32.1. The first kappa shape index (κ1) is 16.4. The van der Waals surface area contributed by atoms with Crippen molar-refractivity contribution in [2.24, 2.45) is 17.1 Å². The molecule has 1 aliphatic rings. The Morgan fingerprint density at radius 2 is 2.10 bits per heavy atom. The average molecular weight is 309 g/mol. The second kappa shape index (κ2) is 6.44. The predicted octanol–water partition coefficient (Wildman–Crippen LogP) is 3.09. The Hall–Kier alpha value is -0.940. The minimum atomic E-state index is -0.367. The van der Waals surface area contributed by atoms with Crippen molar-refractivity contribution in [3.63, 3.8) is 0 Å². The van der Waals surface area contributed by atoms with E-state index in [-0.39, 0.29) is 17.4 Å². The Bertz CT molecular complexity index is 504. The van der Waals surface area contributed by atoms with Crippen LogP contribution in [0.2, 0.25) is 0 Å². The van der Waals surface area contributed by atoms with Crippen molar-refractivity contribution >= 4 is 17.2 Å². The van der Waals surface area contributed by atoms with Crippen LogP contribution in [0.4, 0.5) is 0 Å². The molecule has 2 rings (SSSR count). The molecule has 3 N–H and O–H groups in total. The van der Waals surface area contributed by atoms with Gasteiger partial charge in [-0.05, 0) is 52.4 Å². The second-order valence-corrected chi connectivity index (χ2v) is 7.78. The number of hydrogen-bond donors (Lipinski definition) is 2. The molecule has 1 heterocycles. The molecule has 1 atom stereocenters. The van der Waals surface area contributed by atoms with Crippen molar-refractivity contribution in [1.29, 1.82) is 0 Å². The first-order chi connectivity index (χ1) is 9.88. The Labute approximate surface area is 131 Å². The van der Waals surface area contributed by atoms with Gasteiger partial charge in [0.25, 0.3) is 0 Å². The Morgan fingerprint density at radius 1 is 1.48 bits per heavy atom. The topological polar surface area (TPSA) is 68.0 Å². The molecule has 1 aromatic heterocycles. The van der Waals surface area contributed by atoms with Crippen molar-refractivity contribution in [3.8, 4) is 0 Å². The lowest BCUT2D eigenvalue weighted by atomic mass is 9.70. The summed E-state index contributed by atoms with van der Waals surface area (Å²) in [6, 6.07) is 0.00600. The lowest BCUT2D eigenvalue weighted by molar-refractivity contribution is -0.133. The van der Waals surface area contributed by atoms with E-state index in [1.165, 1.54) is 0 Å². The molecular weight excluding hydrogens is 282 g/mol. The standard InChI is InChI=1S/C16H27N3OS/c1-10-5-7-16(9-17,8-6-10)15(20)19-12(3)14-11(2)18-13(4)21-14/h10,12H,5-9,17H2,1-4H3,(H,19,20). The predicted molar refractivity (Wildman–Crippen MR) is 87.3 cm³/mol. The second-order valence-electron chi connectivity index (χ2n) is 6.54. The number of nitrogens with one attached hydrogen (secondary N) is 1. The lowest BCUT2D eigenvalue weighted by Gasteiger charge is -2.37. The van der Waals surface area contributed by atoms with Crippen LogP contribution in [0.5, 0.6) is 0 Å². The van der Waals surface area contributed by atoms with Gasteiger partial charge in [0.2, 0.25) is 5.91 Å². The zero-order valence-corrected chi connectivity index (χ0v) is 14.3. The van der Waals surface area contributed by atoms with Gasteiger partial charge in [0, 0.05) is 11.4 Å². The molecular formula is C16H27N3OS. The van der Waals surface area contributed by atoms with Crippen molar-refractivity contribution in [1.82, 2.24) is 10.3 Å². The van der Waals surface area contributed by atoms with Crippen LogP contribution >= 0.6 is 11.3 Å². The highest BCUT2D eigenvalue weighted by Gasteiger charge is 2.40. The molecule has 1 fully saturated rings. The average Bonchev–Trinajstić information content (AvgIpc) is 2.79. The number of nitrogens with two attached hydrogens (primary N) is 1.